The van der Waals surface area contributed by atoms with Crippen molar-refractivity contribution in [1.29, 1.82) is 0 Å². The maximum absolute atomic E-state index is 12.8. The van der Waals surface area contributed by atoms with Crippen LogP contribution >= 0.6 is 0 Å². The van der Waals surface area contributed by atoms with E-state index in [1.54, 1.807) is 13.1 Å². The van der Waals surface area contributed by atoms with Crippen LogP contribution in [0.5, 0.6) is 11.5 Å². The van der Waals surface area contributed by atoms with Crippen LogP contribution in [-0.2, 0) is 14.8 Å². The molecule has 140 valence electrons. The van der Waals surface area contributed by atoms with Crippen molar-refractivity contribution in [3.63, 3.8) is 0 Å². The third-order valence-electron chi connectivity index (χ3n) is 4.15. The lowest BCUT2D eigenvalue weighted by Crippen LogP contribution is -2.48. The van der Waals surface area contributed by atoms with Crippen molar-refractivity contribution in [2.45, 2.75) is 23.8 Å². The molecule has 9 heteroatoms. The zero-order valence-electron chi connectivity index (χ0n) is 14.7. The molecular formula is C16H25N3O5S. The number of nitrogens with one attached hydrogen (secondary N) is 2. The molecule has 0 bridgehead atoms. The second-order valence-electron chi connectivity index (χ2n) is 5.79. The second kappa shape index (κ2) is 8.50. The number of hydrogen-bond acceptors (Lipinski definition) is 6. The van der Waals surface area contributed by atoms with Crippen LogP contribution in [0.15, 0.2) is 23.1 Å². The number of benzene rings is 1. The minimum atomic E-state index is -3.61. The summed E-state index contributed by atoms with van der Waals surface area (Å²) in [5, 5.41) is 5.70. The Kier molecular flexibility index (Phi) is 6.63. The fourth-order valence-electron chi connectivity index (χ4n) is 2.81. The number of rotatable bonds is 7. The molecular weight excluding hydrogens is 346 g/mol. The molecule has 2 N–H and O–H groups in total. The lowest BCUT2D eigenvalue weighted by molar-refractivity contribution is -0.121. The predicted molar refractivity (Wildman–Crippen MR) is 93.4 cm³/mol. The van der Waals surface area contributed by atoms with Crippen LogP contribution in [0.1, 0.15) is 12.8 Å². The molecule has 1 amide bonds. The summed E-state index contributed by atoms with van der Waals surface area (Å²) in [6, 6.07) is 4.56. The van der Waals surface area contributed by atoms with Gasteiger partial charge in [-0.25, -0.2) is 8.42 Å². The third-order valence-corrected chi connectivity index (χ3v) is 6.04. The zero-order valence-corrected chi connectivity index (χ0v) is 15.6. The first-order valence-corrected chi connectivity index (χ1v) is 9.52. The quantitative estimate of drug-likeness (QED) is 0.710. The van der Waals surface area contributed by atoms with Crippen LogP contribution < -0.4 is 20.1 Å². The molecule has 0 unspecified atom stereocenters. The Morgan fingerprint density at radius 3 is 2.40 bits per heavy atom. The molecule has 1 fully saturated rings. The Hall–Kier alpha value is -1.84. The lowest BCUT2D eigenvalue weighted by atomic mass is 10.1. The van der Waals surface area contributed by atoms with Gasteiger partial charge in [-0.3, -0.25) is 4.79 Å². The third kappa shape index (κ3) is 4.62. The fourth-order valence-corrected chi connectivity index (χ4v) is 4.29. The van der Waals surface area contributed by atoms with Gasteiger partial charge in [0.1, 0.15) is 0 Å². The van der Waals surface area contributed by atoms with Crippen molar-refractivity contribution in [2.24, 2.45) is 0 Å². The predicted octanol–water partition coefficient (Wildman–Crippen LogP) is 0.193. The van der Waals surface area contributed by atoms with Crippen molar-refractivity contribution in [3.8, 4) is 11.5 Å². The van der Waals surface area contributed by atoms with Crippen LogP contribution in [-0.4, -0.2) is 65.6 Å². The number of carbonyl (C=O) groups is 1. The number of methoxy groups -OCH3 is 2. The van der Waals surface area contributed by atoms with E-state index < -0.39 is 10.0 Å². The van der Waals surface area contributed by atoms with Crippen LogP contribution in [0, 0.1) is 0 Å². The summed E-state index contributed by atoms with van der Waals surface area (Å²) in [5.74, 6) is 0.772. The van der Waals surface area contributed by atoms with Crippen molar-refractivity contribution in [2.75, 3.05) is 40.9 Å². The molecule has 25 heavy (non-hydrogen) atoms. The summed E-state index contributed by atoms with van der Waals surface area (Å²) >= 11 is 0. The van der Waals surface area contributed by atoms with Gasteiger partial charge in [-0.15, -0.1) is 0 Å². The summed E-state index contributed by atoms with van der Waals surface area (Å²) in [4.78, 5) is 11.8. The smallest absolute Gasteiger partial charge is 0.243 e. The highest BCUT2D eigenvalue weighted by molar-refractivity contribution is 7.89. The molecule has 0 aliphatic carbocycles. The van der Waals surface area contributed by atoms with Gasteiger partial charge in [0.05, 0.1) is 25.7 Å². The molecule has 1 aliphatic heterocycles. The number of carbonyl (C=O) groups excluding carboxylic acids is 1. The van der Waals surface area contributed by atoms with E-state index in [9.17, 15) is 13.2 Å². The first-order valence-electron chi connectivity index (χ1n) is 8.08. The summed E-state index contributed by atoms with van der Waals surface area (Å²) < 4.78 is 37.4. The van der Waals surface area contributed by atoms with Crippen molar-refractivity contribution >= 4 is 15.9 Å². The van der Waals surface area contributed by atoms with Crippen LogP contribution in [0.2, 0.25) is 0 Å². The average Bonchev–Trinajstić information content (AvgIpc) is 2.61. The Morgan fingerprint density at radius 1 is 1.20 bits per heavy atom. The van der Waals surface area contributed by atoms with Crippen molar-refractivity contribution < 1.29 is 22.7 Å². The van der Waals surface area contributed by atoms with Gasteiger partial charge < -0.3 is 20.1 Å². The first-order chi connectivity index (χ1) is 11.9. The Labute approximate surface area is 148 Å². The van der Waals surface area contributed by atoms with E-state index in [4.69, 9.17) is 9.47 Å². The molecule has 1 heterocycles. The highest BCUT2D eigenvalue weighted by Gasteiger charge is 2.30. The van der Waals surface area contributed by atoms with Gasteiger partial charge in [0.25, 0.3) is 0 Å². The number of piperidine rings is 1. The molecule has 0 aromatic heterocycles. The molecule has 8 nitrogen and oxygen atoms in total. The van der Waals surface area contributed by atoms with Crippen molar-refractivity contribution in [1.82, 2.24) is 14.9 Å². The Morgan fingerprint density at radius 2 is 1.84 bits per heavy atom. The zero-order chi connectivity index (χ0) is 18.4. The molecule has 0 saturated carbocycles. The summed E-state index contributed by atoms with van der Waals surface area (Å²) in [6.07, 6.45) is 1.17. The molecule has 1 saturated heterocycles. The SMILES string of the molecule is CNCC(=O)NC1CCN(S(=O)(=O)c2ccc(OC)c(OC)c2)CC1. The minimum Gasteiger partial charge on any atom is -0.493 e. The molecule has 1 aliphatic rings. The van der Waals surface area contributed by atoms with Gasteiger partial charge >= 0.3 is 0 Å². The van der Waals surface area contributed by atoms with E-state index in [-0.39, 0.29) is 23.4 Å². The van der Waals surface area contributed by atoms with E-state index in [2.05, 4.69) is 10.6 Å². The monoisotopic (exact) mass is 371 g/mol. The normalized spacial score (nSPS) is 16.4. The van der Waals surface area contributed by atoms with E-state index >= 15 is 0 Å². The fraction of sp³-hybridized carbons (Fsp3) is 0.562. The molecule has 0 radical (unpaired) electrons. The summed E-state index contributed by atoms with van der Waals surface area (Å²) in [7, 11) is 1.06. The Balaban J connectivity index is 2.05. The van der Waals surface area contributed by atoms with E-state index in [1.165, 1.54) is 30.7 Å². The number of hydrogen-bond donors (Lipinski definition) is 2. The largest absolute Gasteiger partial charge is 0.493 e. The van der Waals surface area contributed by atoms with E-state index in [0.717, 1.165) is 0 Å². The first kappa shape index (κ1) is 19.5. The van der Waals surface area contributed by atoms with Crippen LogP contribution in [0.25, 0.3) is 0 Å². The summed E-state index contributed by atoms with van der Waals surface area (Å²) in [6.45, 7) is 0.979. The maximum atomic E-state index is 12.8. The maximum Gasteiger partial charge on any atom is 0.243 e. The topological polar surface area (TPSA) is 97.0 Å². The molecule has 0 spiro atoms. The van der Waals surface area contributed by atoms with Gasteiger partial charge in [0.15, 0.2) is 11.5 Å². The number of sulfonamides is 1. The van der Waals surface area contributed by atoms with Crippen molar-refractivity contribution in [3.05, 3.63) is 18.2 Å². The number of amides is 1. The van der Waals surface area contributed by atoms with Gasteiger partial charge in [-0.05, 0) is 32.0 Å². The number of likely N-dealkylation sites (N-methyl/N-ethyl adjacent to an activating group) is 1. The number of nitrogens with zero attached hydrogens (tertiary/aromatic N) is 1. The highest BCUT2D eigenvalue weighted by atomic mass is 32.2. The standard InChI is InChI=1S/C16H25N3O5S/c1-17-11-16(20)18-12-6-8-19(9-7-12)25(21,22)13-4-5-14(23-2)15(10-13)24-3/h4-5,10,12,17H,6-9,11H2,1-3H3,(H,18,20). The van der Waals surface area contributed by atoms with Gasteiger partial charge in [0, 0.05) is 25.2 Å². The molecule has 2 rings (SSSR count). The Bertz CT molecular complexity index is 700. The average molecular weight is 371 g/mol. The number of ether oxygens (including phenoxy) is 2. The van der Waals surface area contributed by atoms with Crippen LogP contribution in [0.3, 0.4) is 0 Å². The second-order valence-corrected chi connectivity index (χ2v) is 7.73. The minimum absolute atomic E-state index is 0.00213. The lowest BCUT2D eigenvalue weighted by Gasteiger charge is -2.31. The molecule has 1 aromatic carbocycles. The van der Waals surface area contributed by atoms with Gasteiger partial charge in [-0.2, -0.15) is 4.31 Å². The van der Waals surface area contributed by atoms with Crippen LogP contribution in [0.4, 0.5) is 0 Å². The molecule has 0 atom stereocenters. The van der Waals surface area contributed by atoms with E-state index in [1.807, 2.05) is 0 Å². The van der Waals surface area contributed by atoms with Gasteiger partial charge in [0.2, 0.25) is 15.9 Å². The van der Waals surface area contributed by atoms with E-state index in [0.29, 0.717) is 37.4 Å². The van der Waals surface area contributed by atoms with Gasteiger partial charge in [-0.1, -0.05) is 0 Å². The highest BCUT2D eigenvalue weighted by Crippen LogP contribution is 2.31. The molecule has 1 aromatic rings. The summed E-state index contributed by atoms with van der Waals surface area (Å²) in [5.41, 5.74) is 0.